The Labute approximate surface area is 159 Å². The van der Waals surface area contributed by atoms with Gasteiger partial charge in [-0.1, -0.05) is 6.07 Å². The summed E-state index contributed by atoms with van der Waals surface area (Å²) < 4.78 is 7.41. The van der Waals surface area contributed by atoms with Gasteiger partial charge in [0, 0.05) is 51.5 Å². The van der Waals surface area contributed by atoms with Gasteiger partial charge in [0.1, 0.15) is 11.2 Å². The zero-order valence-corrected chi connectivity index (χ0v) is 16.3. The van der Waals surface area contributed by atoms with Crippen molar-refractivity contribution in [3.05, 3.63) is 36.3 Å². The molecule has 8 heteroatoms. The summed E-state index contributed by atoms with van der Waals surface area (Å²) in [7, 11) is 0. The number of nitrogens with zero attached hydrogens (tertiary/aromatic N) is 5. The van der Waals surface area contributed by atoms with E-state index < -0.39 is 5.60 Å². The van der Waals surface area contributed by atoms with Gasteiger partial charge in [0.15, 0.2) is 5.96 Å². The molecule has 0 bridgehead atoms. The molecule has 0 aliphatic carbocycles. The van der Waals surface area contributed by atoms with Gasteiger partial charge < -0.3 is 24.7 Å². The number of fused-ring (bicyclic) bond motifs is 1. The first-order chi connectivity index (χ1) is 12.8. The molecule has 146 valence electrons. The molecule has 1 aliphatic heterocycles. The van der Waals surface area contributed by atoms with Gasteiger partial charge in [-0.2, -0.15) is 0 Å². The number of carbonyl (C=O) groups is 1. The number of ether oxygens (including phenoxy) is 1. The molecule has 2 aromatic rings. The molecule has 0 saturated carbocycles. The number of piperazine rings is 1. The highest BCUT2D eigenvalue weighted by molar-refractivity contribution is 5.78. The highest BCUT2D eigenvalue weighted by Crippen LogP contribution is 2.12. The van der Waals surface area contributed by atoms with Gasteiger partial charge in [0.2, 0.25) is 0 Å². The zero-order chi connectivity index (χ0) is 19.4. The summed E-state index contributed by atoms with van der Waals surface area (Å²) in [4.78, 5) is 24.9. The van der Waals surface area contributed by atoms with Crippen molar-refractivity contribution < 1.29 is 9.53 Å². The maximum atomic E-state index is 12.1. The maximum Gasteiger partial charge on any atom is 0.410 e. The molecule has 1 saturated heterocycles. The minimum Gasteiger partial charge on any atom is -0.444 e. The molecular formula is C19H28N6O2. The van der Waals surface area contributed by atoms with E-state index in [0.717, 1.165) is 17.8 Å². The van der Waals surface area contributed by atoms with E-state index in [0.29, 0.717) is 38.7 Å². The Bertz CT molecular complexity index is 782. The van der Waals surface area contributed by atoms with Crippen molar-refractivity contribution in [1.29, 1.82) is 0 Å². The quantitative estimate of drug-likeness (QED) is 0.655. The Kier molecular flexibility index (Phi) is 5.53. The molecule has 1 aliphatic rings. The van der Waals surface area contributed by atoms with Crippen LogP contribution in [0.25, 0.3) is 5.65 Å². The van der Waals surface area contributed by atoms with Crippen molar-refractivity contribution in [1.82, 2.24) is 19.2 Å². The van der Waals surface area contributed by atoms with Crippen molar-refractivity contribution >= 4 is 17.7 Å². The molecule has 0 aromatic carbocycles. The number of imidazole rings is 1. The smallest absolute Gasteiger partial charge is 0.410 e. The van der Waals surface area contributed by atoms with Gasteiger partial charge in [0.25, 0.3) is 0 Å². The van der Waals surface area contributed by atoms with E-state index in [1.54, 1.807) is 4.90 Å². The van der Waals surface area contributed by atoms with E-state index in [2.05, 4.69) is 9.98 Å². The molecule has 8 nitrogen and oxygen atoms in total. The Morgan fingerprint density at radius 3 is 2.59 bits per heavy atom. The number of hydrogen-bond acceptors (Lipinski definition) is 4. The molecule has 0 atom stereocenters. The molecule has 1 amide bonds. The number of nitrogens with two attached hydrogens (primary N) is 1. The summed E-state index contributed by atoms with van der Waals surface area (Å²) in [6.07, 6.45) is 4.46. The number of carbonyl (C=O) groups excluding carboxylic acids is 1. The van der Waals surface area contributed by atoms with E-state index in [1.165, 1.54) is 0 Å². The third kappa shape index (κ3) is 5.12. The largest absolute Gasteiger partial charge is 0.444 e. The fraction of sp³-hybridized carbons (Fsp3) is 0.526. The normalized spacial score (nSPS) is 16.0. The standard InChI is InChI=1S/C19H28N6O2/c1-19(2,3)27-18(26)24-12-10-23(11-13-24)17(20)21-8-7-15-14-25-9-5-4-6-16(25)22-15/h4-6,9,14H,7-8,10-13H2,1-3H3,(H2,20,21). The minimum atomic E-state index is -0.480. The molecule has 2 aromatic heterocycles. The van der Waals surface area contributed by atoms with Crippen LogP contribution >= 0.6 is 0 Å². The summed E-state index contributed by atoms with van der Waals surface area (Å²) in [5.74, 6) is 0.516. The maximum absolute atomic E-state index is 12.1. The molecule has 0 unspecified atom stereocenters. The fourth-order valence-corrected chi connectivity index (χ4v) is 2.94. The SMILES string of the molecule is CC(C)(C)OC(=O)N1CCN(C(N)=NCCc2cn3ccccc3n2)CC1. The van der Waals surface area contributed by atoms with Crippen LogP contribution in [0.1, 0.15) is 26.5 Å². The number of rotatable bonds is 3. The van der Waals surface area contributed by atoms with E-state index in [-0.39, 0.29) is 6.09 Å². The second kappa shape index (κ2) is 7.85. The van der Waals surface area contributed by atoms with E-state index in [9.17, 15) is 4.79 Å². The first kappa shape index (κ1) is 19.0. The monoisotopic (exact) mass is 372 g/mol. The van der Waals surface area contributed by atoms with Crippen molar-refractivity contribution in [2.45, 2.75) is 32.8 Å². The van der Waals surface area contributed by atoms with Crippen LogP contribution in [-0.4, -0.2) is 69.6 Å². The summed E-state index contributed by atoms with van der Waals surface area (Å²) in [6.45, 7) is 8.67. The molecular weight excluding hydrogens is 344 g/mol. The van der Waals surface area contributed by atoms with Gasteiger partial charge in [-0.15, -0.1) is 0 Å². The van der Waals surface area contributed by atoms with Crippen molar-refractivity contribution in [2.75, 3.05) is 32.7 Å². The molecule has 0 radical (unpaired) electrons. The third-order valence-corrected chi connectivity index (χ3v) is 4.31. The number of hydrogen-bond donors (Lipinski definition) is 1. The van der Waals surface area contributed by atoms with Crippen LogP contribution in [0.4, 0.5) is 4.79 Å². The van der Waals surface area contributed by atoms with E-state index in [1.807, 2.05) is 60.7 Å². The van der Waals surface area contributed by atoms with Gasteiger partial charge in [0.05, 0.1) is 5.69 Å². The number of guanidine groups is 1. The van der Waals surface area contributed by atoms with Gasteiger partial charge in [-0.3, -0.25) is 4.99 Å². The molecule has 3 heterocycles. The Morgan fingerprint density at radius 1 is 1.22 bits per heavy atom. The van der Waals surface area contributed by atoms with Gasteiger partial charge in [-0.05, 0) is 32.9 Å². The van der Waals surface area contributed by atoms with Crippen LogP contribution in [-0.2, 0) is 11.2 Å². The van der Waals surface area contributed by atoms with Gasteiger partial charge >= 0.3 is 6.09 Å². The number of amides is 1. The number of aromatic nitrogens is 2. The lowest BCUT2D eigenvalue weighted by atomic mass is 10.2. The van der Waals surface area contributed by atoms with Crippen molar-refractivity contribution in [3.8, 4) is 0 Å². The second-order valence-corrected chi connectivity index (χ2v) is 7.64. The van der Waals surface area contributed by atoms with Crippen LogP contribution in [0.2, 0.25) is 0 Å². The molecule has 1 fully saturated rings. The first-order valence-corrected chi connectivity index (χ1v) is 9.27. The molecule has 2 N–H and O–H groups in total. The Hall–Kier alpha value is -2.77. The van der Waals surface area contributed by atoms with Crippen LogP contribution in [0, 0.1) is 0 Å². The van der Waals surface area contributed by atoms with Crippen LogP contribution in [0.15, 0.2) is 35.6 Å². The van der Waals surface area contributed by atoms with E-state index >= 15 is 0 Å². The minimum absolute atomic E-state index is 0.274. The highest BCUT2D eigenvalue weighted by atomic mass is 16.6. The fourth-order valence-electron chi connectivity index (χ4n) is 2.94. The van der Waals surface area contributed by atoms with E-state index in [4.69, 9.17) is 10.5 Å². The molecule has 3 rings (SSSR count). The highest BCUT2D eigenvalue weighted by Gasteiger charge is 2.26. The topological polar surface area (TPSA) is 88.5 Å². The average Bonchev–Trinajstić information content (AvgIpc) is 3.03. The summed E-state index contributed by atoms with van der Waals surface area (Å²) in [5, 5.41) is 0. The van der Waals surface area contributed by atoms with Crippen molar-refractivity contribution in [3.63, 3.8) is 0 Å². The second-order valence-electron chi connectivity index (χ2n) is 7.64. The summed E-state index contributed by atoms with van der Waals surface area (Å²) in [6, 6.07) is 5.93. The summed E-state index contributed by atoms with van der Waals surface area (Å²) >= 11 is 0. The van der Waals surface area contributed by atoms with Crippen LogP contribution < -0.4 is 5.73 Å². The van der Waals surface area contributed by atoms with Crippen LogP contribution in [0.3, 0.4) is 0 Å². The Morgan fingerprint density at radius 2 is 1.93 bits per heavy atom. The molecule has 27 heavy (non-hydrogen) atoms. The number of pyridine rings is 1. The predicted octanol–water partition coefficient (Wildman–Crippen LogP) is 1.74. The lowest BCUT2D eigenvalue weighted by Crippen LogP contribution is -2.53. The lowest BCUT2D eigenvalue weighted by Gasteiger charge is -2.36. The van der Waals surface area contributed by atoms with Crippen LogP contribution in [0.5, 0.6) is 0 Å². The van der Waals surface area contributed by atoms with Gasteiger partial charge in [-0.25, -0.2) is 9.78 Å². The molecule has 0 spiro atoms. The lowest BCUT2D eigenvalue weighted by molar-refractivity contribution is 0.0186. The summed E-state index contributed by atoms with van der Waals surface area (Å²) in [5.41, 5.74) is 7.57. The van der Waals surface area contributed by atoms with Crippen molar-refractivity contribution in [2.24, 2.45) is 10.7 Å². The zero-order valence-electron chi connectivity index (χ0n) is 16.3. The predicted molar refractivity (Wildman–Crippen MR) is 105 cm³/mol. The average molecular weight is 372 g/mol. The third-order valence-electron chi connectivity index (χ3n) is 4.31. The Balaban J connectivity index is 1.47. The number of aliphatic imine (C=N–C) groups is 1. The first-order valence-electron chi connectivity index (χ1n) is 9.27.